The van der Waals surface area contributed by atoms with Gasteiger partial charge in [-0.15, -0.1) is 0 Å². The van der Waals surface area contributed by atoms with Gasteiger partial charge in [0.25, 0.3) is 0 Å². The summed E-state index contributed by atoms with van der Waals surface area (Å²) >= 11 is 0. The van der Waals surface area contributed by atoms with E-state index in [1.54, 1.807) is 6.92 Å². The second-order valence-corrected chi connectivity index (χ2v) is 4.59. The number of aromatic hydroxyl groups is 1. The zero-order chi connectivity index (χ0) is 12.7. The van der Waals surface area contributed by atoms with E-state index in [-0.39, 0.29) is 11.3 Å². The highest BCUT2D eigenvalue weighted by molar-refractivity contribution is 5.41. The summed E-state index contributed by atoms with van der Waals surface area (Å²) in [5.74, 6) is -0.359. The average molecular weight is 245 g/mol. The summed E-state index contributed by atoms with van der Waals surface area (Å²) in [5, 5.41) is 12.3. The maximum atomic E-state index is 12.9. The van der Waals surface area contributed by atoms with E-state index in [1.807, 2.05) is 0 Å². The lowest BCUT2D eigenvalue weighted by Gasteiger charge is -2.28. The smallest absolute Gasteiger partial charge is 0.416 e. The van der Waals surface area contributed by atoms with Crippen molar-refractivity contribution in [2.45, 2.75) is 31.5 Å². The second-order valence-electron chi connectivity index (χ2n) is 4.59. The van der Waals surface area contributed by atoms with Crippen LogP contribution in [0.3, 0.4) is 0 Å². The van der Waals surface area contributed by atoms with Crippen LogP contribution in [-0.4, -0.2) is 11.7 Å². The van der Waals surface area contributed by atoms with E-state index >= 15 is 0 Å². The molecule has 1 unspecified atom stereocenters. The fourth-order valence-corrected chi connectivity index (χ4v) is 2.37. The highest BCUT2D eigenvalue weighted by atomic mass is 19.4. The van der Waals surface area contributed by atoms with Crippen LogP contribution in [0.4, 0.5) is 13.2 Å². The van der Waals surface area contributed by atoms with Crippen LogP contribution in [0.15, 0.2) is 18.2 Å². The number of phenols is 1. The van der Waals surface area contributed by atoms with Gasteiger partial charge in [-0.1, -0.05) is 6.07 Å². The van der Waals surface area contributed by atoms with E-state index in [9.17, 15) is 18.3 Å². The molecule has 17 heavy (non-hydrogen) atoms. The Bertz CT molecular complexity index is 422. The Labute approximate surface area is 97.5 Å². The molecule has 1 saturated heterocycles. The van der Waals surface area contributed by atoms with Crippen LogP contribution >= 0.6 is 0 Å². The lowest BCUT2D eigenvalue weighted by molar-refractivity contribution is -0.139. The molecule has 0 spiro atoms. The number of nitrogens with one attached hydrogen (secondary N) is 1. The van der Waals surface area contributed by atoms with Gasteiger partial charge in [0.05, 0.1) is 5.56 Å². The minimum atomic E-state index is -4.44. The standard InChI is InChI=1S/C12H14F3NO/c1-11(5-2-6-16-11)9-4-3-8(17)7-10(9)12(13,14)15/h3-4,7,16-17H,2,5-6H2,1H3. The highest BCUT2D eigenvalue weighted by Crippen LogP contribution is 2.41. The van der Waals surface area contributed by atoms with E-state index in [0.29, 0.717) is 13.0 Å². The maximum absolute atomic E-state index is 12.9. The molecule has 0 radical (unpaired) electrons. The van der Waals surface area contributed by atoms with Gasteiger partial charge in [-0.05, 0) is 44.0 Å². The van der Waals surface area contributed by atoms with Crippen LogP contribution in [-0.2, 0) is 11.7 Å². The Morgan fingerprint density at radius 3 is 2.59 bits per heavy atom. The van der Waals surface area contributed by atoms with Crippen molar-refractivity contribution in [3.63, 3.8) is 0 Å². The lowest BCUT2D eigenvalue weighted by Crippen LogP contribution is -2.35. The van der Waals surface area contributed by atoms with E-state index in [0.717, 1.165) is 12.5 Å². The molecule has 5 heteroatoms. The molecule has 2 N–H and O–H groups in total. The molecule has 1 aromatic rings. The van der Waals surface area contributed by atoms with Gasteiger partial charge in [-0.2, -0.15) is 13.2 Å². The number of phenolic OH excluding ortho intramolecular Hbond substituents is 1. The Morgan fingerprint density at radius 2 is 2.06 bits per heavy atom. The van der Waals surface area contributed by atoms with Gasteiger partial charge in [-0.25, -0.2) is 0 Å². The predicted octanol–water partition coefficient (Wildman–Crippen LogP) is 3.01. The van der Waals surface area contributed by atoms with E-state index in [4.69, 9.17) is 0 Å². The van der Waals surface area contributed by atoms with Crippen molar-refractivity contribution >= 4 is 0 Å². The van der Waals surface area contributed by atoms with Crippen LogP contribution in [0.25, 0.3) is 0 Å². The quantitative estimate of drug-likeness (QED) is 0.797. The molecule has 0 aromatic heterocycles. The molecular weight excluding hydrogens is 231 g/mol. The summed E-state index contributed by atoms with van der Waals surface area (Å²) in [6.07, 6.45) is -2.92. The summed E-state index contributed by atoms with van der Waals surface area (Å²) < 4.78 is 38.7. The molecule has 0 saturated carbocycles. The van der Waals surface area contributed by atoms with Crippen LogP contribution in [0.2, 0.25) is 0 Å². The number of hydrogen-bond acceptors (Lipinski definition) is 2. The molecule has 0 bridgehead atoms. The first-order valence-electron chi connectivity index (χ1n) is 5.49. The van der Waals surface area contributed by atoms with Crippen LogP contribution < -0.4 is 5.32 Å². The van der Waals surface area contributed by atoms with E-state index < -0.39 is 17.3 Å². The van der Waals surface area contributed by atoms with Gasteiger partial charge in [0, 0.05) is 5.54 Å². The zero-order valence-electron chi connectivity index (χ0n) is 9.43. The first-order chi connectivity index (χ1) is 7.83. The first-order valence-corrected chi connectivity index (χ1v) is 5.49. The van der Waals surface area contributed by atoms with Crippen LogP contribution in [0.1, 0.15) is 30.9 Å². The molecule has 2 nitrogen and oxygen atoms in total. The molecule has 94 valence electrons. The molecule has 1 aliphatic heterocycles. The normalized spacial score (nSPS) is 25.2. The van der Waals surface area contributed by atoms with Crippen molar-refractivity contribution in [1.29, 1.82) is 0 Å². The van der Waals surface area contributed by atoms with Gasteiger partial charge in [0.2, 0.25) is 0 Å². The third kappa shape index (κ3) is 2.24. The van der Waals surface area contributed by atoms with Crippen LogP contribution in [0, 0.1) is 0 Å². The lowest BCUT2D eigenvalue weighted by atomic mass is 9.86. The molecule has 1 aromatic carbocycles. The Morgan fingerprint density at radius 1 is 1.35 bits per heavy atom. The molecule has 1 fully saturated rings. The molecule has 0 aliphatic carbocycles. The summed E-state index contributed by atoms with van der Waals surface area (Å²) in [6.45, 7) is 2.48. The second kappa shape index (κ2) is 3.91. The number of hydrogen-bond donors (Lipinski definition) is 2. The molecule has 1 aliphatic rings. The predicted molar refractivity (Wildman–Crippen MR) is 57.7 cm³/mol. The van der Waals surface area contributed by atoms with Gasteiger partial charge in [0.1, 0.15) is 5.75 Å². The fourth-order valence-electron chi connectivity index (χ4n) is 2.37. The number of halogens is 3. The maximum Gasteiger partial charge on any atom is 0.416 e. The molecule has 1 heterocycles. The molecule has 1 atom stereocenters. The van der Waals surface area contributed by atoms with Gasteiger partial charge in [0.15, 0.2) is 0 Å². The third-order valence-electron chi connectivity index (χ3n) is 3.27. The third-order valence-corrected chi connectivity index (χ3v) is 3.27. The van der Waals surface area contributed by atoms with Crippen molar-refractivity contribution in [3.8, 4) is 5.75 Å². The van der Waals surface area contributed by atoms with Gasteiger partial charge in [-0.3, -0.25) is 0 Å². The zero-order valence-corrected chi connectivity index (χ0v) is 9.43. The Balaban J connectivity index is 2.53. The summed E-state index contributed by atoms with van der Waals surface area (Å²) in [7, 11) is 0. The summed E-state index contributed by atoms with van der Waals surface area (Å²) in [6, 6.07) is 3.45. The Hall–Kier alpha value is -1.23. The van der Waals surface area contributed by atoms with Crippen molar-refractivity contribution < 1.29 is 18.3 Å². The Kier molecular flexibility index (Phi) is 2.81. The summed E-state index contributed by atoms with van der Waals surface area (Å²) in [4.78, 5) is 0. The number of alkyl halides is 3. The van der Waals surface area contributed by atoms with E-state index in [2.05, 4.69) is 5.32 Å². The molecular formula is C12H14F3NO. The van der Waals surface area contributed by atoms with Crippen molar-refractivity contribution in [1.82, 2.24) is 5.32 Å². The number of benzene rings is 1. The topological polar surface area (TPSA) is 32.3 Å². The van der Waals surface area contributed by atoms with Crippen LogP contribution in [0.5, 0.6) is 5.75 Å². The monoisotopic (exact) mass is 245 g/mol. The van der Waals surface area contributed by atoms with Gasteiger partial charge < -0.3 is 10.4 Å². The molecule has 0 amide bonds. The summed E-state index contributed by atoms with van der Waals surface area (Å²) in [5.41, 5.74) is -1.20. The first kappa shape index (κ1) is 12.2. The fraction of sp³-hybridized carbons (Fsp3) is 0.500. The SMILES string of the molecule is CC1(c2ccc(O)cc2C(F)(F)F)CCCN1. The number of rotatable bonds is 1. The van der Waals surface area contributed by atoms with Crippen molar-refractivity contribution in [3.05, 3.63) is 29.3 Å². The van der Waals surface area contributed by atoms with E-state index in [1.165, 1.54) is 12.1 Å². The largest absolute Gasteiger partial charge is 0.508 e. The average Bonchev–Trinajstić information content (AvgIpc) is 2.64. The van der Waals surface area contributed by atoms with Gasteiger partial charge >= 0.3 is 6.18 Å². The van der Waals surface area contributed by atoms with Crippen molar-refractivity contribution in [2.75, 3.05) is 6.54 Å². The minimum absolute atomic E-state index is 0.209. The highest BCUT2D eigenvalue weighted by Gasteiger charge is 2.40. The minimum Gasteiger partial charge on any atom is -0.508 e. The van der Waals surface area contributed by atoms with Crippen molar-refractivity contribution in [2.24, 2.45) is 0 Å². The molecule has 2 rings (SSSR count).